The van der Waals surface area contributed by atoms with Crippen molar-refractivity contribution in [2.75, 3.05) is 25.2 Å². The van der Waals surface area contributed by atoms with Crippen LogP contribution < -0.4 is 5.32 Å². The van der Waals surface area contributed by atoms with Gasteiger partial charge in [0.2, 0.25) is 11.8 Å². The Hall–Kier alpha value is -3.20. The normalized spacial score (nSPS) is 10.5. The molecular weight excluding hydrogens is 376 g/mol. The molecule has 1 N–H and O–H groups in total. The Morgan fingerprint density at radius 1 is 1.14 bits per heavy atom. The van der Waals surface area contributed by atoms with Crippen molar-refractivity contribution in [2.45, 2.75) is 11.3 Å². The van der Waals surface area contributed by atoms with Gasteiger partial charge in [-0.2, -0.15) is 0 Å². The number of amides is 2. The average Bonchev–Trinajstić information content (AvgIpc) is 3.23. The van der Waals surface area contributed by atoms with E-state index in [0.717, 1.165) is 21.8 Å². The number of tetrazole rings is 1. The summed E-state index contributed by atoms with van der Waals surface area (Å²) in [6.45, 7) is -0.00966. The molecule has 0 bridgehead atoms. The van der Waals surface area contributed by atoms with Crippen LogP contribution in [-0.4, -0.2) is 56.8 Å². The van der Waals surface area contributed by atoms with E-state index in [0.29, 0.717) is 0 Å². The number of nitrogens with one attached hydrogen (secondary N) is 1. The maximum absolute atomic E-state index is 12.4. The molecular formula is C19H20N6O2S. The first-order valence-corrected chi connectivity index (χ1v) is 9.78. The second-order valence-electron chi connectivity index (χ2n) is 6.10. The standard InChI is InChI=1S/C19H20N6O2S/c1-24(12-18(26)21-16-5-3-4-6-17(16)28-2)19(27)11-14-7-9-15(10-8-14)25-13-20-22-23-25/h3-10,13H,11-12H2,1-2H3,(H,21,26). The molecule has 0 radical (unpaired) electrons. The second-order valence-corrected chi connectivity index (χ2v) is 6.94. The highest BCUT2D eigenvalue weighted by molar-refractivity contribution is 7.98. The topological polar surface area (TPSA) is 93.0 Å². The van der Waals surface area contributed by atoms with Crippen LogP contribution in [0.25, 0.3) is 5.69 Å². The number of aromatic nitrogens is 4. The number of carbonyl (C=O) groups is 2. The molecule has 0 fully saturated rings. The summed E-state index contributed by atoms with van der Waals surface area (Å²) in [5.41, 5.74) is 2.40. The molecule has 0 spiro atoms. The van der Waals surface area contributed by atoms with Crippen LogP contribution >= 0.6 is 11.8 Å². The van der Waals surface area contributed by atoms with Gasteiger partial charge in [-0.1, -0.05) is 24.3 Å². The zero-order valence-electron chi connectivity index (χ0n) is 15.6. The molecule has 0 saturated carbocycles. The minimum Gasteiger partial charge on any atom is -0.336 e. The van der Waals surface area contributed by atoms with Gasteiger partial charge in [0.1, 0.15) is 6.33 Å². The van der Waals surface area contributed by atoms with Crippen LogP contribution in [0, 0.1) is 0 Å². The zero-order valence-corrected chi connectivity index (χ0v) is 16.4. The van der Waals surface area contributed by atoms with Crippen molar-refractivity contribution in [3.05, 3.63) is 60.4 Å². The molecule has 8 nitrogen and oxygen atoms in total. The number of anilines is 1. The maximum Gasteiger partial charge on any atom is 0.244 e. The van der Waals surface area contributed by atoms with Crippen molar-refractivity contribution in [1.82, 2.24) is 25.1 Å². The predicted octanol–water partition coefficient (Wildman–Crippen LogP) is 2.02. The monoisotopic (exact) mass is 396 g/mol. The molecule has 0 saturated heterocycles. The third kappa shape index (κ3) is 4.95. The third-order valence-corrected chi connectivity index (χ3v) is 4.89. The lowest BCUT2D eigenvalue weighted by Crippen LogP contribution is -2.35. The van der Waals surface area contributed by atoms with Crippen LogP contribution in [-0.2, 0) is 16.0 Å². The van der Waals surface area contributed by atoms with Crippen molar-refractivity contribution in [2.24, 2.45) is 0 Å². The van der Waals surface area contributed by atoms with Crippen LogP contribution in [0.5, 0.6) is 0 Å². The number of hydrogen-bond donors (Lipinski definition) is 1. The average molecular weight is 396 g/mol. The van der Waals surface area contributed by atoms with Gasteiger partial charge >= 0.3 is 0 Å². The number of likely N-dealkylation sites (N-methyl/N-ethyl adjacent to an activating group) is 1. The Balaban J connectivity index is 1.54. The minimum atomic E-state index is -0.230. The predicted molar refractivity (Wildman–Crippen MR) is 107 cm³/mol. The van der Waals surface area contributed by atoms with E-state index in [2.05, 4.69) is 20.8 Å². The van der Waals surface area contributed by atoms with Gasteiger partial charge in [-0.05, 0) is 46.5 Å². The summed E-state index contributed by atoms with van der Waals surface area (Å²) in [5.74, 6) is -0.366. The Kier molecular flexibility index (Phi) is 6.38. The largest absolute Gasteiger partial charge is 0.336 e. The van der Waals surface area contributed by atoms with E-state index in [4.69, 9.17) is 0 Å². The molecule has 144 valence electrons. The van der Waals surface area contributed by atoms with Gasteiger partial charge in [0.25, 0.3) is 0 Å². The van der Waals surface area contributed by atoms with E-state index in [1.54, 1.807) is 18.8 Å². The van der Waals surface area contributed by atoms with Gasteiger partial charge in [-0.3, -0.25) is 9.59 Å². The van der Waals surface area contributed by atoms with Gasteiger partial charge in [-0.15, -0.1) is 16.9 Å². The molecule has 0 aliphatic rings. The molecule has 0 aliphatic heterocycles. The number of rotatable bonds is 7. The lowest BCUT2D eigenvalue weighted by Gasteiger charge is -2.17. The van der Waals surface area contributed by atoms with Gasteiger partial charge in [-0.25, -0.2) is 4.68 Å². The van der Waals surface area contributed by atoms with E-state index in [1.165, 1.54) is 15.9 Å². The Morgan fingerprint density at radius 2 is 1.89 bits per heavy atom. The molecule has 1 heterocycles. The van der Waals surface area contributed by atoms with Gasteiger partial charge in [0.05, 0.1) is 24.3 Å². The summed E-state index contributed by atoms with van der Waals surface area (Å²) in [4.78, 5) is 27.1. The fraction of sp³-hybridized carbons (Fsp3) is 0.211. The zero-order chi connectivity index (χ0) is 19.9. The Bertz CT molecular complexity index is 943. The first-order chi connectivity index (χ1) is 13.6. The fourth-order valence-corrected chi connectivity index (χ4v) is 3.15. The summed E-state index contributed by atoms with van der Waals surface area (Å²) >= 11 is 1.56. The quantitative estimate of drug-likeness (QED) is 0.614. The van der Waals surface area contributed by atoms with Gasteiger partial charge in [0.15, 0.2) is 0 Å². The van der Waals surface area contributed by atoms with Gasteiger partial charge in [0, 0.05) is 11.9 Å². The van der Waals surface area contributed by atoms with E-state index >= 15 is 0 Å². The highest BCUT2D eigenvalue weighted by Crippen LogP contribution is 2.24. The SMILES string of the molecule is CSc1ccccc1NC(=O)CN(C)C(=O)Cc1ccc(-n2cnnn2)cc1. The molecule has 0 aliphatic carbocycles. The van der Waals surface area contributed by atoms with Gasteiger partial charge < -0.3 is 10.2 Å². The molecule has 3 aromatic rings. The summed E-state index contributed by atoms with van der Waals surface area (Å²) in [6, 6.07) is 14.9. The van der Waals surface area contributed by atoms with Crippen LogP contribution in [0.1, 0.15) is 5.56 Å². The van der Waals surface area contributed by atoms with Crippen LogP contribution in [0.2, 0.25) is 0 Å². The summed E-state index contributed by atoms with van der Waals surface area (Å²) < 4.78 is 1.54. The van der Waals surface area contributed by atoms with Crippen molar-refractivity contribution in [3.8, 4) is 5.69 Å². The van der Waals surface area contributed by atoms with Crippen molar-refractivity contribution >= 4 is 29.3 Å². The molecule has 1 aromatic heterocycles. The van der Waals surface area contributed by atoms with Crippen molar-refractivity contribution < 1.29 is 9.59 Å². The number of hydrogen-bond acceptors (Lipinski definition) is 6. The number of thioether (sulfide) groups is 1. The van der Waals surface area contributed by atoms with Crippen LogP contribution in [0.3, 0.4) is 0 Å². The summed E-state index contributed by atoms with van der Waals surface area (Å²) in [5, 5.41) is 13.9. The second kappa shape index (κ2) is 9.14. The van der Waals surface area contributed by atoms with E-state index in [-0.39, 0.29) is 24.8 Å². The number of nitrogens with zero attached hydrogens (tertiary/aromatic N) is 5. The third-order valence-electron chi connectivity index (χ3n) is 4.09. The van der Waals surface area contributed by atoms with Crippen molar-refractivity contribution in [1.29, 1.82) is 0 Å². The van der Waals surface area contributed by atoms with Crippen molar-refractivity contribution in [3.63, 3.8) is 0 Å². The minimum absolute atomic E-state index is 0.00966. The number of para-hydroxylation sites is 1. The maximum atomic E-state index is 12.4. The highest BCUT2D eigenvalue weighted by atomic mass is 32.2. The highest BCUT2D eigenvalue weighted by Gasteiger charge is 2.14. The van der Waals surface area contributed by atoms with Crippen LogP contribution in [0.4, 0.5) is 5.69 Å². The number of carbonyl (C=O) groups excluding carboxylic acids is 2. The van der Waals surface area contributed by atoms with E-state index in [1.807, 2.05) is 54.8 Å². The van der Waals surface area contributed by atoms with E-state index in [9.17, 15) is 9.59 Å². The molecule has 3 rings (SSSR count). The Labute approximate surface area is 166 Å². The Morgan fingerprint density at radius 3 is 2.57 bits per heavy atom. The van der Waals surface area contributed by atoms with E-state index < -0.39 is 0 Å². The fourth-order valence-electron chi connectivity index (χ4n) is 2.60. The first-order valence-electron chi connectivity index (χ1n) is 8.56. The molecule has 0 atom stereocenters. The molecule has 0 unspecified atom stereocenters. The number of benzene rings is 2. The summed E-state index contributed by atoms with van der Waals surface area (Å²) in [6.07, 6.45) is 3.66. The summed E-state index contributed by atoms with van der Waals surface area (Å²) in [7, 11) is 1.62. The molecule has 2 aromatic carbocycles. The lowest BCUT2D eigenvalue weighted by atomic mass is 10.1. The van der Waals surface area contributed by atoms with Crippen LogP contribution in [0.15, 0.2) is 59.8 Å². The molecule has 9 heteroatoms. The molecule has 28 heavy (non-hydrogen) atoms. The molecule has 2 amide bonds. The first kappa shape index (κ1) is 19.6. The lowest BCUT2D eigenvalue weighted by molar-refractivity contribution is -0.132. The smallest absolute Gasteiger partial charge is 0.244 e.